The fourth-order valence-electron chi connectivity index (χ4n) is 4.44. The van der Waals surface area contributed by atoms with Gasteiger partial charge in [0, 0.05) is 22.3 Å². The summed E-state index contributed by atoms with van der Waals surface area (Å²) in [6.07, 6.45) is 0.116. The van der Waals surface area contributed by atoms with Crippen molar-refractivity contribution in [3.63, 3.8) is 0 Å². The highest BCUT2D eigenvalue weighted by atomic mass is 16.5. The summed E-state index contributed by atoms with van der Waals surface area (Å²) in [5.74, 6) is 0.601. The standard InChI is InChI=1S/C28H24O5/c1-4-18(29)14-32-19-10-8-17(9-11-19)27-16(3)23-25(30)26(31)24-21-7-5-6-15(2)20(21)12-13-22(24)28(23)33-27/h5-13,18,29H,4,14H2,1-3H3. The lowest BCUT2D eigenvalue weighted by molar-refractivity contribution is 0.0815. The summed E-state index contributed by atoms with van der Waals surface area (Å²) in [6.45, 7) is 5.92. The van der Waals surface area contributed by atoms with E-state index in [1.165, 1.54) is 0 Å². The van der Waals surface area contributed by atoms with Gasteiger partial charge in [0.15, 0.2) is 0 Å². The van der Waals surface area contributed by atoms with Crippen LogP contribution < -0.4 is 4.74 Å². The largest absolute Gasteiger partial charge is 0.491 e. The number of fused-ring (bicyclic) bond motifs is 5. The van der Waals surface area contributed by atoms with Gasteiger partial charge < -0.3 is 14.3 Å². The normalized spacial score (nSPS) is 13.7. The Balaban J connectivity index is 1.60. The van der Waals surface area contributed by atoms with E-state index in [1.54, 1.807) is 19.1 Å². The molecule has 1 unspecified atom stereocenters. The Hall–Kier alpha value is -3.70. The van der Waals surface area contributed by atoms with Crippen molar-refractivity contribution in [2.45, 2.75) is 33.3 Å². The van der Waals surface area contributed by atoms with Crippen LogP contribution >= 0.6 is 0 Å². The van der Waals surface area contributed by atoms with E-state index < -0.39 is 17.7 Å². The van der Waals surface area contributed by atoms with Crippen molar-refractivity contribution in [1.82, 2.24) is 0 Å². The molecule has 0 amide bonds. The smallest absolute Gasteiger partial charge is 0.237 e. The molecule has 0 bridgehead atoms. The van der Waals surface area contributed by atoms with Gasteiger partial charge in [-0.3, -0.25) is 9.59 Å². The zero-order valence-corrected chi connectivity index (χ0v) is 18.8. The molecule has 5 rings (SSSR count). The number of hydrogen-bond donors (Lipinski definition) is 1. The van der Waals surface area contributed by atoms with Crippen LogP contribution in [-0.4, -0.2) is 29.4 Å². The van der Waals surface area contributed by atoms with Crippen LogP contribution in [0.5, 0.6) is 5.75 Å². The number of carbonyl (C=O) groups excluding carboxylic acids is 2. The predicted molar refractivity (Wildman–Crippen MR) is 127 cm³/mol. The third-order valence-electron chi connectivity index (χ3n) is 6.36. The summed E-state index contributed by atoms with van der Waals surface area (Å²) in [7, 11) is 0. The van der Waals surface area contributed by atoms with Crippen LogP contribution in [0.4, 0.5) is 0 Å². The average Bonchev–Trinajstić information content (AvgIpc) is 3.18. The topological polar surface area (TPSA) is 76.7 Å². The summed E-state index contributed by atoms with van der Waals surface area (Å²) >= 11 is 0. The number of aryl methyl sites for hydroxylation is 1. The second-order valence-corrected chi connectivity index (χ2v) is 8.47. The molecule has 3 aromatic carbocycles. The van der Waals surface area contributed by atoms with Gasteiger partial charge in [-0.15, -0.1) is 0 Å². The third kappa shape index (κ3) is 3.36. The number of ether oxygens (including phenoxy) is 1. The lowest BCUT2D eigenvalue weighted by atomic mass is 9.83. The van der Waals surface area contributed by atoms with E-state index in [9.17, 15) is 14.7 Å². The maximum absolute atomic E-state index is 13.2. The van der Waals surface area contributed by atoms with Crippen molar-refractivity contribution >= 4 is 22.3 Å². The fraction of sp³-hybridized carbons (Fsp3) is 0.214. The minimum absolute atomic E-state index is 0.227. The first-order valence-corrected chi connectivity index (χ1v) is 11.1. The highest BCUT2D eigenvalue weighted by Gasteiger charge is 2.37. The number of ketones is 2. The molecule has 0 radical (unpaired) electrons. The second-order valence-electron chi connectivity index (χ2n) is 8.47. The zero-order chi connectivity index (χ0) is 23.3. The zero-order valence-electron chi connectivity index (χ0n) is 18.8. The minimum atomic E-state index is -0.535. The van der Waals surface area contributed by atoms with Gasteiger partial charge in [-0.25, -0.2) is 0 Å². The maximum atomic E-state index is 13.2. The van der Waals surface area contributed by atoms with Crippen LogP contribution in [0, 0.1) is 13.8 Å². The van der Waals surface area contributed by atoms with E-state index in [4.69, 9.17) is 9.15 Å². The highest BCUT2D eigenvalue weighted by molar-refractivity contribution is 6.54. The molecule has 5 heteroatoms. The Bertz CT molecular complexity index is 1410. The van der Waals surface area contributed by atoms with E-state index in [0.717, 1.165) is 21.9 Å². The molecule has 1 atom stereocenters. The predicted octanol–water partition coefficient (Wildman–Crippen LogP) is 5.91. The molecule has 1 N–H and O–H groups in total. The first-order chi connectivity index (χ1) is 15.9. The fourth-order valence-corrected chi connectivity index (χ4v) is 4.44. The number of rotatable bonds is 5. The summed E-state index contributed by atoms with van der Waals surface area (Å²) < 4.78 is 11.9. The quantitative estimate of drug-likeness (QED) is 0.390. The van der Waals surface area contributed by atoms with Gasteiger partial charge in [-0.2, -0.15) is 0 Å². The van der Waals surface area contributed by atoms with E-state index in [1.807, 2.05) is 56.3 Å². The van der Waals surface area contributed by atoms with Crippen LogP contribution in [0.3, 0.4) is 0 Å². The molecule has 0 fully saturated rings. The first kappa shape index (κ1) is 21.2. The number of carbonyl (C=O) groups is 2. The van der Waals surface area contributed by atoms with Crippen LogP contribution in [0.15, 0.2) is 59.0 Å². The van der Waals surface area contributed by atoms with Crippen LogP contribution in [-0.2, 0) is 0 Å². The third-order valence-corrected chi connectivity index (χ3v) is 6.36. The van der Waals surface area contributed by atoms with Gasteiger partial charge in [0.2, 0.25) is 11.6 Å². The monoisotopic (exact) mass is 440 g/mol. The number of aliphatic hydroxyl groups excluding tert-OH is 1. The van der Waals surface area contributed by atoms with Crippen molar-refractivity contribution in [2.24, 2.45) is 0 Å². The van der Waals surface area contributed by atoms with Crippen molar-refractivity contribution in [2.75, 3.05) is 6.61 Å². The maximum Gasteiger partial charge on any atom is 0.237 e. The first-order valence-electron chi connectivity index (χ1n) is 11.1. The Morgan fingerprint density at radius 3 is 2.33 bits per heavy atom. The van der Waals surface area contributed by atoms with E-state index in [2.05, 4.69) is 0 Å². The molecule has 1 heterocycles. The molecule has 33 heavy (non-hydrogen) atoms. The summed E-state index contributed by atoms with van der Waals surface area (Å²) in [6, 6.07) is 16.9. The summed E-state index contributed by atoms with van der Waals surface area (Å²) in [5, 5.41) is 11.4. The number of furan rings is 1. The molecule has 0 spiro atoms. The number of benzene rings is 3. The van der Waals surface area contributed by atoms with E-state index in [-0.39, 0.29) is 6.61 Å². The van der Waals surface area contributed by atoms with Gasteiger partial charge in [-0.1, -0.05) is 31.2 Å². The Labute approximate surface area is 191 Å². The van der Waals surface area contributed by atoms with Crippen molar-refractivity contribution in [3.8, 4) is 28.4 Å². The lowest BCUT2D eigenvalue weighted by Crippen LogP contribution is -2.21. The highest BCUT2D eigenvalue weighted by Crippen LogP contribution is 2.44. The average molecular weight is 440 g/mol. The molecular weight excluding hydrogens is 416 g/mol. The van der Waals surface area contributed by atoms with Crippen LogP contribution in [0.25, 0.3) is 33.4 Å². The van der Waals surface area contributed by atoms with Gasteiger partial charge in [0.25, 0.3) is 0 Å². The van der Waals surface area contributed by atoms with Crippen LogP contribution in [0.1, 0.15) is 45.2 Å². The van der Waals surface area contributed by atoms with Gasteiger partial charge >= 0.3 is 0 Å². The van der Waals surface area contributed by atoms with Gasteiger partial charge in [0.05, 0.1) is 11.7 Å². The van der Waals surface area contributed by atoms with E-state index in [0.29, 0.717) is 45.9 Å². The Morgan fingerprint density at radius 2 is 1.61 bits per heavy atom. The molecule has 0 aliphatic heterocycles. The molecule has 1 aliphatic carbocycles. The van der Waals surface area contributed by atoms with Crippen molar-refractivity contribution in [1.29, 1.82) is 0 Å². The van der Waals surface area contributed by atoms with Crippen molar-refractivity contribution < 1.29 is 23.8 Å². The number of hydrogen-bond acceptors (Lipinski definition) is 5. The molecular formula is C28H24O5. The lowest BCUT2D eigenvalue weighted by Gasteiger charge is -2.16. The number of aliphatic hydroxyl groups is 1. The van der Waals surface area contributed by atoms with Crippen LogP contribution in [0.2, 0.25) is 0 Å². The Kier molecular flexibility index (Phi) is 5.14. The molecule has 5 nitrogen and oxygen atoms in total. The Morgan fingerprint density at radius 1 is 0.879 bits per heavy atom. The SMILES string of the molecule is CCC(O)COc1ccc(-c2oc3c(c2C)C(=O)C(=O)c2c-3ccc3c(C)cccc23)cc1. The summed E-state index contributed by atoms with van der Waals surface area (Å²) in [5.41, 5.74) is 3.87. The van der Waals surface area contributed by atoms with Gasteiger partial charge in [0.1, 0.15) is 23.9 Å². The van der Waals surface area contributed by atoms with E-state index >= 15 is 0 Å². The molecule has 0 saturated carbocycles. The molecule has 1 aromatic heterocycles. The van der Waals surface area contributed by atoms with Gasteiger partial charge in [-0.05, 0) is 66.9 Å². The number of Topliss-reactive ketones (excluding diaryl/α,β-unsaturated/α-hetero) is 2. The minimum Gasteiger partial charge on any atom is -0.491 e. The summed E-state index contributed by atoms with van der Waals surface area (Å²) in [4.78, 5) is 26.3. The molecule has 0 saturated heterocycles. The van der Waals surface area contributed by atoms with Crippen molar-refractivity contribution in [3.05, 3.63) is 76.9 Å². The molecule has 166 valence electrons. The second kappa shape index (κ2) is 8.01. The molecule has 1 aliphatic rings. The molecule has 4 aromatic rings.